The molecule has 1 aliphatic carbocycles. The number of pyridine rings is 1. The van der Waals surface area contributed by atoms with Gasteiger partial charge in [-0.15, -0.1) is 0 Å². The van der Waals surface area contributed by atoms with Crippen LogP contribution in [-0.4, -0.2) is 61.7 Å². The third-order valence-corrected chi connectivity index (χ3v) is 7.71. The number of carbonyl (C=O) groups is 1. The summed E-state index contributed by atoms with van der Waals surface area (Å²) in [5.41, 5.74) is 1.84. The number of sulfonamides is 1. The Morgan fingerprint density at radius 3 is 2.32 bits per heavy atom. The fourth-order valence-corrected chi connectivity index (χ4v) is 4.91. The molecule has 2 aromatic rings. The van der Waals surface area contributed by atoms with E-state index in [-0.39, 0.29) is 22.8 Å². The molecule has 1 aromatic heterocycles. The average Bonchev–Trinajstić information content (AvgIpc) is 3.60. The predicted octanol–water partition coefficient (Wildman–Crippen LogP) is 2.54. The highest BCUT2D eigenvalue weighted by molar-refractivity contribution is 7.89. The Bertz CT molecular complexity index is 1010. The molecular formula is C22H29N5O3S. The van der Waals surface area contributed by atoms with Gasteiger partial charge in [0.05, 0.1) is 0 Å². The van der Waals surface area contributed by atoms with Gasteiger partial charge < -0.3 is 15.5 Å². The molecule has 8 nitrogen and oxygen atoms in total. The van der Waals surface area contributed by atoms with Crippen LogP contribution in [0.4, 0.5) is 11.5 Å². The number of carbonyl (C=O) groups excluding carboxylic acids is 1. The molecule has 1 amide bonds. The minimum absolute atomic E-state index is 0.0271. The first-order chi connectivity index (χ1) is 14.8. The van der Waals surface area contributed by atoms with Crippen LogP contribution >= 0.6 is 0 Å². The highest BCUT2D eigenvalue weighted by Crippen LogP contribution is 2.30. The Balaban J connectivity index is 1.36. The van der Waals surface area contributed by atoms with E-state index in [1.54, 1.807) is 12.1 Å². The first-order valence-electron chi connectivity index (χ1n) is 10.6. The van der Waals surface area contributed by atoms with E-state index in [0.29, 0.717) is 18.9 Å². The lowest BCUT2D eigenvalue weighted by Crippen LogP contribution is -2.47. The molecule has 31 heavy (non-hydrogen) atoms. The number of nitrogens with one attached hydrogen (secondary N) is 2. The molecule has 4 rings (SSSR count). The molecule has 0 spiro atoms. The molecule has 1 saturated carbocycles. The van der Waals surface area contributed by atoms with E-state index in [4.69, 9.17) is 0 Å². The molecular weight excluding hydrogens is 414 g/mol. The second-order valence-corrected chi connectivity index (χ2v) is 10.3. The number of amides is 1. The number of hydrogen-bond acceptors (Lipinski definition) is 6. The van der Waals surface area contributed by atoms with Crippen LogP contribution in [0, 0.1) is 5.92 Å². The zero-order valence-electron chi connectivity index (χ0n) is 17.9. The fourth-order valence-electron chi connectivity index (χ4n) is 3.55. The van der Waals surface area contributed by atoms with Gasteiger partial charge in [0.1, 0.15) is 10.7 Å². The minimum atomic E-state index is -3.52. The van der Waals surface area contributed by atoms with Crippen molar-refractivity contribution in [2.45, 2.75) is 30.7 Å². The maximum absolute atomic E-state index is 12.8. The number of rotatable bonds is 7. The molecule has 9 heteroatoms. The molecule has 1 atom stereocenters. The van der Waals surface area contributed by atoms with Crippen LogP contribution in [0.5, 0.6) is 0 Å². The van der Waals surface area contributed by atoms with Crippen molar-refractivity contribution in [1.82, 2.24) is 14.2 Å². The molecule has 2 aliphatic rings. The van der Waals surface area contributed by atoms with Crippen molar-refractivity contribution in [3.8, 4) is 0 Å². The van der Waals surface area contributed by atoms with Crippen LogP contribution in [0.3, 0.4) is 0 Å². The van der Waals surface area contributed by atoms with Gasteiger partial charge in [-0.1, -0.05) is 12.1 Å². The zero-order valence-corrected chi connectivity index (χ0v) is 18.7. The number of nitrogens with zero attached hydrogens (tertiary/aromatic N) is 3. The van der Waals surface area contributed by atoms with Crippen LogP contribution in [0.1, 0.15) is 31.4 Å². The minimum Gasteiger partial charge on any atom is -0.364 e. The van der Waals surface area contributed by atoms with Gasteiger partial charge >= 0.3 is 0 Å². The van der Waals surface area contributed by atoms with E-state index in [1.807, 2.05) is 38.2 Å². The third-order valence-electron chi connectivity index (χ3n) is 5.83. The van der Waals surface area contributed by atoms with E-state index < -0.39 is 10.0 Å². The van der Waals surface area contributed by atoms with E-state index in [0.717, 1.165) is 37.2 Å². The Hall–Kier alpha value is -2.49. The van der Waals surface area contributed by atoms with Crippen LogP contribution in [0.25, 0.3) is 0 Å². The van der Waals surface area contributed by atoms with Gasteiger partial charge in [-0.3, -0.25) is 4.79 Å². The molecule has 1 aromatic carbocycles. The molecule has 2 heterocycles. The van der Waals surface area contributed by atoms with Crippen molar-refractivity contribution in [1.29, 1.82) is 0 Å². The number of anilines is 2. The maximum Gasteiger partial charge on any atom is 0.244 e. The first-order valence-corrected chi connectivity index (χ1v) is 12.1. The van der Waals surface area contributed by atoms with Crippen molar-refractivity contribution >= 4 is 27.4 Å². The summed E-state index contributed by atoms with van der Waals surface area (Å²) in [5, 5.41) is 6.23. The van der Waals surface area contributed by atoms with Gasteiger partial charge in [-0.05, 0) is 56.6 Å². The highest BCUT2D eigenvalue weighted by atomic mass is 32.2. The zero-order chi connectivity index (χ0) is 22.0. The molecule has 1 unspecified atom stereocenters. The summed E-state index contributed by atoms with van der Waals surface area (Å²) in [6.07, 6.45) is 3.37. The quantitative estimate of drug-likeness (QED) is 0.683. The van der Waals surface area contributed by atoms with E-state index >= 15 is 0 Å². The van der Waals surface area contributed by atoms with Gasteiger partial charge in [-0.25, -0.2) is 13.4 Å². The third kappa shape index (κ3) is 5.23. The number of piperazine rings is 1. The summed E-state index contributed by atoms with van der Waals surface area (Å²) in [6.45, 7) is 4.45. The highest BCUT2D eigenvalue weighted by Gasteiger charge is 2.29. The van der Waals surface area contributed by atoms with Crippen LogP contribution in [-0.2, 0) is 14.8 Å². The van der Waals surface area contributed by atoms with Gasteiger partial charge in [0, 0.05) is 50.0 Å². The van der Waals surface area contributed by atoms with Crippen molar-refractivity contribution in [2.75, 3.05) is 43.9 Å². The number of hydrogen-bond donors (Lipinski definition) is 2. The molecule has 166 valence electrons. The fraction of sp³-hybridized carbons (Fsp3) is 0.455. The smallest absolute Gasteiger partial charge is 0.244 e. The largest absolute Gasteiger partial charge is 0.364 e. The Labute approximate surface area is 183 Å². The monoisotopic (exact) mass is 443 g/mol. The summed E-state index contributed by atoms with van der Waals surface area (Å²) in [6, 6.07) is 11.0. The Morgan fingerprint density at radius 1 is 1.06 bits per heavy atom. The number of aromatic nitrogens is 1. The first kappa shape index (κ1) is 21.7. The van der Waals surface area contributed by atoms with E-state index in [2.05, 4.69) is 20.5 Å². The second kappa shape index (κ2) is 8.94. The van der Waals surface area contributed by atoms with Gasteiger partial charge in [0.25, 0.3) is 0 Å². The normalized spacial score (nSPS) is 19.0. The summed E-state index contributed by atoms with van der Waals surface area (Å²) < 4.78 is 27.2. The second-order valence-electron chi connectivity index (χ2n) is 8.34. The Kier molecular flexibility index (Phi) is 6.27. The lowest BCUT2D eigenvalue weighted by Gasteiger charge is -2.31. The molecule has 2 fully saturated rings. The molecule has 1 aliphatic heterocycles. The summed E-state index contributed by atoms with van der Waals surface area (Å²) in [4.78, 5) is 18.5. The molecule has 0 radical (unpaired) electrons. The van der Waals surface area contributed by atoms with Crippen LogP contribution < -0.4 is 10.6 Å². The summed E-state index contributed by atoms with van der Waals surface area (Å²) in [5.74, 6) is 0.875. The van der Waals surface area contributed by atoms with Crippen LogP contribution in [0.15, 0.2) is 47.5 Å². The number of benzene rings is 1. The summed E-state index contributed by atoms with van der Waals surface area (Å²) >= 11 is 0. The summed E-state index contributed by atoms with van der Waals surface area (Å²) in [7, 11) is -1.53. The lowest BCUT2D eigenvalue weighted by molar-refractivity contribution is -0.117. The van der Waals surface area contributed by atoms with E-state index in [1.165, 1.54) is 10.5 Å². The standard InChI is InChI=1S/C22H29N5O3S/c1-16(17-5-7-19(8-6-17)25-22(28)18-3-4-18)24-21-10-9-20(15-23-21)31(29,30)27-13-11-26(2)12-14-27/h5-10,15-16,18H,3-4,11-14H2,1-2H3,(H,23,24)(H,25,28). The maximum atomic E-state index is 12.8. The Morgan fingerprint density at radius 2 is 1.74 bits per heavy atom. The van der Waals surface area contributed by atoms with Crippen molar-refractivity contribution in [3.63, 3.8) is 0 Å². The number of likely N-dealkylation sites (N-methyl/N-ethyl adjacent to an activating group) is 1. The lowest BCUT2D eigenvalue weighted by atomic mass is 10.1. The molecule has 1 saturated heterocycles. The van der Waals surface area contributed by atoms with E-state index in [9.17, 15) is 13.2 Å². The van der Waals surface area contributed by atoms with Crippen molar-refractivity contribution in [3.05, 3.63) is 48.2 Å². The van der Waals surface area contributed by atoms with Crippen LogP contribution in [0.2, 0.25) is 0 Å². The van der Waals surface area contributed by atoms with Crippen molar-refractivity contribution in [2.24, 2.45) is 5.92 Å². The average molecular weight is 444 g/mol. The SMILES string of the molecule is CC(Nc1ccc(S(=O)(=O)N2CCN(C)CC2)cn1)c1ccc(NC(=O)C2CC2)cc1. The van der Waals surface area contributed by atoms with Crippen molar-refractivity contribution < 1.29 is 13.2 Å². The predicted molar refractivity (Wildman–Crippen MR) is 120 cm³/mol. The van der Waals surface area contributed by atoms with Gasteiger partial charge in [0.15, 0.2) is 0 Å². The molecule has 0 bridgehead atoms. The topological polar surface area (TPSA) is 94.6 Å². The van der Waals surface area contributed by atoms with Gasteiger partial charge in [-0.2, -0.15) is 4.31 Å². The molecule has 2 N–H and O–H groups in total. The van der Waals surface area contributed by atoms with Gasteiger partial charge in [0.2, 0.25) is 15.9 Å².